The zero-order chi connectivity index (χ0) is 38.6. The number of rotatable bonds is 5. The molecule has 0 radical (unpaired) electrons. The molecule has 11 rings (SSSR count). The molecule has 2 heterocycles. The van der Waals surface area contributed by atoms with E-state index in [4.69, 9.17) is 21.3 Å². The van der Waals surface area contributed by atoms with Crippen molar-refractivity contribution in [2.45, 2.75) is 5.41 Å². The summed E-state index contributed by atoms with van der Waals surface area (Å²) in [7, 11) is 0. The Morgan fingerprint density at radius 3 is 1.45 bits per heavy atom. The molecule has 0 fully saturated rings. The van der Waals surface area contributed by atoms with Crippen molar-refractivity contribution in [3.63, 3.8) is 0 Å². The summed E-state index contributed by atoms with van der Waals surface area (Å²) in [6.07, 6.45) is 0. The van der Waals surface area contributed by atoms with Crippen molar-refractivity contribution in [3.8, 4) is 78.8 Å². The molecule has 58 heavy (non-hydrogen) atoms. The van der Waals surface area contributed by atoms with Gasteiger partial charge >= 0.3 is 0 Å². The zero-order valence-corrected chi connectivity index (χ0v) is 31.3. The third kappa shape index (κ3) is 5.15. The maximum Gasteiger partial charge on any atom is 0.187 e. The molecule has 8 aromatic carbocycles. The lowest BCUT2D eigenvalue weighted by atomic mass is 9.65. The molecule has 0 unspecified atom stereocenters. The van der Waals surface area contributed by atoms with Crippen LogP contribution in [0.2, 0.25) is 0 Å². The molecule has 0 atom stereocenters. The van der Waals surface area contributed by atoms with Gasteiger partial charge < -0.3 is 4.74 Å². The highest BCUT2D eigenvalue weighted by Crippen LogP contribution is 2.63. The number of fused-ring (bicyclic) bond motifs is 9. The van der Waals surface area contributed by atoms with Gasteiger partial charge in [0.05, 0.1) is 23.4 Å². The van der Waals surface area contributed by atoms with Crippen LogP contribution in [0.1, 0.15) is 22.3 Å². The van der Waals surface area contributed by atoms with Crippen molar-refractivity contribution < 1.29 is 4.74 Å². The molecule has 1 aromatic heterocycles. The van der Waals surface area contributed by atoms with Crippen LogP contribution < -0.4 is 4.74 Å². The van der Waals surface area contributed by atoms with Crippen LogP contribution in [0.25, 0.3) is 72.1 Å². The van der Waals surface area contributed by atoms with Crippen LogP contribution in [-0.4, -0.2) is 9.97 Å². The minimum Gasteiger partial charge on any atom is -0.457 e. The van der Waals surface area contributed by atoms with Gasteiger partial charge in [0, 0.05) is 33.4 Å². The largest absolute Gasteiger partial charge is 0.457 e. The van der Waals surface area contributed by atoms with Crippen LogP contribution >= 0.6 is 0 Å². The van der Waals surface area contributed by atoms with Crippen molar-refractivity contribution in [2.75, 3.05) is 0 Å². The van der Waals surface area contributed by atoms with Crippen LogP contribution in [-0.2, 0) is 5.41 Å². The number of benzene rings is 8. The van der Waals surface area contributed by atoms with Crippen LogP contribution in [0.4, 0.5) is 5.69 Å². The molecular weight excluding hydrogens is 707 g/mol. The van der Waals surface area contributed by atoms with E-state index < -0.39 is 5.41 Å². The van der Waals surface area contributed by atoms with E-state index in [2.05, 4.69) is 138 Å². The fraction of sp³-hybridized carbons (Fsp3) is 0.0185. The Morgan fingerprint density at radius 2 is 0.862 bits per heavy atom. The highest BCUT2D eigenvalue weighted by Gasteiger charge is 2.51. The highest BCUT2D eigenvalue weighted by molar-refractivity contribution is 5.96. The molecule has 0 bridgehead atoms. The Bertz CT molecular complexity index is 3030. The van der Waals surface area contributed by atoms with Gasteiger partial charge in [-0.1, -0.05) is 176 Å². The first-order valence-corrected chi connectivity index (χ1v) is 19.4. The Morgan fingerprint density at radius 1 is 0.397 bits per heavy atom. The van der Waals surface area contributed by atoms with E-state index in [-0.39, 0.29) is 0 Å². The van der Waals surface area contributed by atoms with Gasteiger partial charge in [0.25, 0.3) is 0 Å². The van der Waals surface area contributed by atoms with Gasteiger partial charge in [-0.2, -0.15) is 0 Å². The van der Waals surface area contributed by atoms with Gasteiger partial charge in [0.1, 0.15) is 11.5 Å². The normalized spacial score (nSPS) is 12.7. The van der Waals surface area contributed by atoms with Crippen molar-refractivity contribution in [2.24, 2.45) is 0 Å². The second-order valence-corrected chi connectivity index (χ2v) is 14.7. The minimum atomic E-state index is -0.705. The van der Waals surface area contributed by atoms with Gasteiger partial charge in [0.2, 0.25) is 0 Å². The van der Waals surface area contributed by atoms with E-state index in [0.717, 1.165) is 73.0 Å². The lowest BCUT2D eigenvalue weighted by Gasteiger charge is -2.39. The average molecular weight is 740 g/mol. The van der Waals surface area contributed by atoms with E-state index >= 15 is 0 Å². The monoisotopic (exact) mass is 739 g/mol. The summed E-state index contributed by atoms with van der Waals surface area (Å²) in [5.74, 6) is 2.34. The molecule has 0 N–H and O–H groups in total. The second kappa shape index (κ2) is 13.4. The Hall–Kier alpha value is -7.87. The molecule has 4 heteroatoms. The van der Waals surface area contributed by atoms with Crippen molar-refractivity contribution in [1.29, 1.82) is 0 Å². The molecule has 0 saturated carbocycles. The van der Waals surface area contributed by atoms with E-state index in [1.807, 2.05) is 66.7 Å². The fourth-order valence-corrected chi connectivity index (χ4v) is 9.02. The van der Waals surface area contributed by atoms with E-state index in [0.29, 0.717) is 11.5 Å². The Balaban J connectivity index is 1.23. The van der Waals surface area contributed by atoms with Crippen LogP contribution in [0.15, 0.2) is 200 Å². The van der Waals surface area contributed by atoms with Gasteiger partial charge in [0.15, 0.2) is 11.5 Å². The third-order valence-electron chi connectivity index (χ3n) is 11.6. The number of para-hydroxylation sites is 2. The average Bonchev–Trinajstić information content (AvgIpc) is 3.58. The molecular formula is C54H33N3O. The first-order chi connectivity index (χ1) is 28.7. The van der Waals surface area contributed by atoms with E-state index in [1.165, 1.54) is 22.3 Å². The predicted molar refractivity (Wildman–Crippen MR) is 233 cm³/mol. The highest BCUT2D eigenvalue weighted by atomic mass is 16.5. The quantitative estimate of drug-likeness (QED) is 0.165. The maximum absolute atomic E-state index is 7.52. The molecule has 9 aromatic rings. The number of hydrogen-bond acceptors (Lipinski definition) is 3. The first-order valence-electron chi connectivity index (χ1n) is 19.4. The number of hydrogen-bond donors (Lipinski definition) is 0. The summed E-state index contributed by atoms with van der Waals surface area (Å²) in [6, 6.07) is 69.7. The predicted octanol–water partition coefficient (Wildman–Crippen LogP) is 13.8. The standard InChI is InChI=1S/C54H33N3O/c1-55-41-29-25-35(26-30-41)39-27-31-42-43-32-28-40(34-47(43)54(46(42)33-39)44-21-11-13-23-48(44)58-49-24-14-12-22-45(49)54)52-50(36-15-5-2-6-16-36)51(37-17-7-3-8-18-37)56-53(57-52)38-19-9-4-10-20-38/h2-34H. The van der Waals surface area contributed by atoms with E-state index in [1.54, 1.807) is 0 Å². The summed E-state index contributed by atoms with van der Waals surface area (Å²) in [6.45, 7) is 7.52. The fourth-order valence-electron chi connectivity index (χ4n) is 9.02. The van der Waals surface area contributed by atoms with Gasteiger partial charge in [-0.05, 0) is 63.2 Å². The van der Waals surface area contributed by atoms with E-state index in [9.17, 15) is 0 Å². The molecule has 1 aliphatic carbocycles. The SMILES string of the molecule is [C-]#[N+]c1ccc(-c2ccc3c(c2)C2(c4ccccc4Oc4ccccc42)c2cc(-c4nc(-c5ccccc5)nc(-c5ccccc5)c4-c4ccccc4)ccc2-3)cc1. The molecule has 270 valence electrons. The molecule has 1 aliphatic heterocycles. The van der Waals surface area contributed by atoms with Gasteiger partial charge in [-0.15, -0.1) is 0 Å². The second-order valence-electron chi connectivity index (χ2n) is 14.7. The minimum absolute atomic E-state index is 0.624. The molecule has 4 nitrogen and oxygen atoms in total. The Kier molecular flexibility index (Phi) is 7.74. The molecule has 0 saturated heterocycles. The first kappa shape index (κ1) is 33.5. The van der Waals surface area contributed by atoms with Crippen molar-refractivity contribution in [1.82, 2.24) is 9.97 Å². The molecule has 0 amide bonds. The number of ether oxygens (including phenoxy) is 1. The molecule has 2 aliphatic rings. The Labute approximate surface area is 337 Å². The topological polar surface area (TPSA) is 39.4 Å². The lowest BCUT2D eigenvalue weighted by Crippen LogP contribution is -2.32. The van der Waals surface area contributed by atoms with Crippen molar-refractivity contribution in [3.05, 3.63) is 234 Å². The number of aromatic nitrogens is 2. The summed E-state index contributed by atoms with van der Waals surface area (Å²) >= 11 is 0. The molecule has 1 spiro atoms. The zero-order valence-electron chi connectivity index (χ0n) is 31.3. The van der Waals surface area contributed by atoms with Crippen LogP contribution in [0.5, 0.6) is 11.5 Å². The van der Waals surface area contributed by atoms with Gasteiger partial charge in [-0.25, -0.2) is 14.8 Å². The number of nitrogens with zero attached hydrogens (tertiary/aromatic N) is 3. The smallest absolute Gasteiger partial charge is 0.187 e. The van der Waals surface area contributed by atoms with Crippen LogP contribution in [0.3, 0.4) is 0 Å². The third-order valence-corrected chi connectivity index (χ3v) is 11.6. The summed E-state index contributed by atoms with van der Waals surface area (Å²) in [4.78, 5) is 14.5. The van der Waals surface area contributed by atoms with Gasteiger partial charge in [-0.3, -0.25) is 0 Å². The van der Waals surface area contributed by atoms with Crippen molar-refractivity contribution >= 4 is 5.69 Å². The lowest BCUT2D eigenvalue weighted by molar-refractivity contribution is 0.436. The van der Waals surface area contributed by atoms with Crippen LogP contribution in [0, 0.1) is 6.57 Å². The summed E-state index contributed by atoms with van der Waals surface area (Å²) in [5.41, 5.74) is 15.7. The summed E-state index contributed by atoms with van der Waals surface area (Å²) in [5, 5.41) is 0. The maximum atomic E-state index is 7.52. The summed E-state index contributed by atoms with van der Waals surface area (Å²) < 4.78 is 6.71.